The van der Waals surface area contributed by atoms with Gasteiger partial charge in [0.25, 0.3) is 5.91 Å². The molecule has 8 nitrogen and oxygen atoms in total. The first-order chi connectivity index (χ1) is 13.6. The molecular formula is C20H23N3O5. The van der Waals surface area contributed by atoms with E-state index in [0.717, 1.165) is 0 Å². The second-order valence-electron chi connectivity index (χ2n) is 5.64. The number of carbonyl (C=O) groups excluding carboxylic acids is 2. The third-order valence-corrected chi connectivity index (χ3v) is 3.82. The number of carbonyl (C=O) groups is 2. The topological polar surface area (TPSA) is 98.2 Å². The molecule has 0 unspecified atom stereocenters. The van der Waals surface area contributed by atoms with Crippen molar-refractivity contribution in [2.24, 2.45) is 5.10 Å². The molecule has 2 amide bonds. The second kappa shape index (κ2) is 10.6. The van der Waals surface area contributed by atoms with Crippen LogP contribution in [0, 0.1) is 0 Å². The highest BCUT2D eigenvalue weighted by atomic mass is 16.5. The van der Waals surface area contributed by atoms with Crippen LogP contribution in [0.2, 0.25) is 0 Å². The van der Waals surface area contributed by atoms with E-state index >= 15 is 0 Å². The van der Waals surface area contributed by atoms with Crippen LogP contribution in [0.15, 0.2) is 47.6 Å². The molecule has 0 fully saturated rings. The van der Waals surface area contributed by atoms with Crippen molar-refractivity contribution >= 4 is 18.0 Å². The highest BCUT2D eigenvalue weighted by Crippen LogP contribution is 2.22. The fraction of sp³-hybridized carbons (Fsp3) is 0.250. The monoisotopic (exact) mass is 385 g/mol. The molecule has 0 heterocycles. The molecule has 0 aliphatic rings. The molecule has 0 atom stereocenters. The summed E-state index contributed by atoms with van der Waals surface area (Å²) in [6.07, 6.45) is 1.56. The Labute approximate surface area is 163 Å². The zero-order valence-electron chi connectivity index (χ0n) is 16.0. The summed E-state index contributed by atoms with van der Waals surface area (Å²) >= 11 is 0. The minimum Gasteiger partial charge on any atom is -0.497 e. The van der Waals surface area contributed by atoms with E-state index in [0.29, 0.717) is 28.4 Å². The third kappa shape index (κ3) is 6.01. The van der Waals surface area contributed by atoms with Gasteiger partial charge in [-0.1, -0.05) is 0 Å². The maximum Gasteiger partial charge on any atom is 0.251 e. The molecular weight excluding hydrogens is 362 g/mol. The van der Waals surface area contributed by atoms with Crippen molar-refractivity contribution in [3.8, 4) is 17.2 Å². The van der Waals surface area contributed by atoms with Gasteiger partial charge in [-0.3, -0.25) is 9.59 Å². The lowest BCUT2D eigenvalue weighted by Gasteiger charge is -2.07. The minimum atomic E-state index is -0.326. The average Bonchev–Trinajstić information content (AvgIpc) is 2.73. The Morgan fingerprint density at radius 3 is 2.29 bits per heavy atom. The zero-order chi connectivity index (χ0) is 20.4. The van der Waals surface area contributed by atoms with E-state index in [-0.39, 0.29) is 24.8 Å². The lowest BCUT2D eigenvalue weighted by atomic mass is 10.2. The molecule has 8 heteroatoms. The lowest BCUT2D eigenvalue weighted by molar-refractivity contribution is -0.120. The van der Waals surface area contributed by atoms with Gasteiger partial charge >= 0.3 is 0 Å². The Morgan fingerprint density at radius 2 is 1.64 bits per heavy atom. The summed E-state index contributed by atoms with van der Waals surface area (Å²) in [5.41, 5.74) is 3.57. The van der Waals surface area contributed by atoms with Crippen LogP contribution in [0.5, 0.6) is 17.2 Å². The fourth-order valence-electron chi connectivity index (χ4n) is 2.30. The quantitative estimate of drug-likeness (QED) is 0.508. The van der Waals surface area contributed by atoms with E-state index in [9.17, 15) is 9.59 Å². The van der Waals surface area contributed by atoms with Crippen molar-refractivity contribution in [1.29, 1.82) is 0 Å². The van der Waals surface area contributed by atoms with Crippen molar-refractivity contribution < 1.29 is 23.8 Å². The van der Waals surface area contributed by atoms with Gasteiger partial charge in [-0.15, -0.1) is 0 Å². The van der Waals surface area contributed by atoms with Gasteiger partial charge in [0.05, 0.1) is 27.5 Å². The Kier molecular flexibility index (Phi) is 7.83. The third-order valence-electron chi connectivity index (χ3n) is 3.82. The van der Waals surface area contributed by atoms with Gasteiger partial charge in [-0.05, 0) is 42.5 Å². The largest absolute Gasteiger partial charge is 0.497 e. The number of nitrogens with one attached hydrogen (secondary N) is 2. The number of nitrogens with zero attached hydrogens (tertiary/aromatic N) is 1. The predicted molar refractivity (Wildman–Crippen MR) is 105 cm³/mol. The molecule has 0 radical (unpaired) electrons. The molecule has 148 valence electrons. The molecule has 0 aliphatic carbocycles. The average molecular weight is 385 g/mol. The van der Waals surface area contributed by atoms with E-state index in [1.165, 1.54) is 6.21 Å². The Morgan fingerprint density at radius 1 is 0.964 bits per heavy atom. The van der Waals surface area contributed by atoms with Crippen molar-refractivity contribution in [3.63, 3.8) is 0 Å². The van der Waals surface area contributed by atoms with Gasteiger partial charge in [0.1, 0.15) is 17.2 Å². The minimum absolute atomic E-state index is 0.0917. The van der Waals surface area contributed by atoms with E-state index in [1.807, 2.05) is 0 Å². The molecule has 2 aromatic carbocycles. The molecule has 0 saturated carbocycles. The summed E-state index contributed by atoms with van der Waals surface area (Å²) in [7, 11) is 4.66. The van der Waals surface area contributed by atoms with Gasteiger partial charge in [0, 0.05) is 24.1 Å². The second-order valence-corrected chi connectivity index (χ2v) is 5.64. The normalized spacial score (nSPS) is 10.4. The zero-order valence-corrected chi connectivity index (χ0v) is 16.0. The molecule has 0 spiro atoms. The van der Waals surface area contributed by atoms with Gasteiger partial charge in [-0.25, -0.2) is 5.43 Å². The summed E-state index contributed by atoms with van der Waals surface area (Å²) in [5.74, 6) is 1.33. The number of hydrazone groups is 1. The van der Waals surface area contributed by atoms with Crippen LogP contribution < -0.4 is 25.0 Å². The van der Waals surface area contributed by atoms with Gasteiger partial charge in [0.15, 0.2) is 0 Å². The number of hydrogen-bond donors (Lipinski definition) is 2. The Bertz CT molecular complexity index is 834. The number of ether oxygens (including phenoxy) is 3. The van der Waals surface area contributed by atoms with Crippen LogP contribution in [-0.4, -0.2) is 45.9 Å². The number of hydrogen-bond acceptors (Lipinski definition) is 6. The molecule has 0 bridgehead atoms. The first-order valence-corrected chi connectivity index (χ1v) is 8.53. The molecule has 0 aromatic heterocycles. The van der Waals surface area contributed by atoms with Crippen LogP contribution in [0.4, 0.5) is 0 Å². The van der Waals surface area contributed by atoms with Crippen LogP contribution in [0.25, 0.3) is 0 Å². The maximum atomic E-state index is 12.0. The first kappa shape index (κ1) is 20.8. The number of benzene rings is 2. The predicted octanol–water partition coefficient (Wildman–Crippen LogP) is 1.98. The summed E-state index contributed by atoms with van der Waals surface area (Å²) in [5, 5.41) is 6.59. The van der Waals surface area contributed by atoms with E-state index in [2.05, 4.69) is 15.8 Å². The summed E-state index contributed by atoms with van der Waals surface area (Å²) in [6.45, 7) is 0.189. The van der Waals surface area contributed by atoms with E-state index in [4.69, 9.17) is 14.2 Å². The maximum absolute atomic E-state index is 12.0. The number of rotatable bonds is 9. The smallest absolute Gasteiger partial charge is 0.251 e. The van der Waals surface area contributed by atoms with Crippen molar-refractivity contribution in [2.75, 3.05) is 27.9 Å². The fourth-order valence-corrected chi connectivity index (χ4v) is 2.30. The summed E-state index contributed by atoms with van der Waals surface area (Å²) in [4.78, 5) is 23.9. The van der Waals surface area contributed by atoms with Crippen molar-refractivity contribution in [3.05, 3.63) is 53.6 Å². The van der Waals surface area contributed by atoms with Crippen LogP contribution >= 0.6 is 0 Å². The van der Waals surface area contributed by atoms with Gasteiger partial charge in [-0.2, -0.15) is 5.10 Å². The Balaban J connectivity index is 1.79. The number of amides is 2. The Hall–Kier alpha value is -3.55. The SMILES string of the molecule is COc1ccc(C(=O)NCCC(=O)NN=Cc2cc(OC)ccc2OC)cc1. The van der Waals surface area contributed by atoms with Gasteiger partial charge in [0.2, 0.25) is 5.91 Å². The van der Waals surface area contributed by atoms with Crippen LogP contribution in [0.1, 0.15) is 22.3 Å². The van der Waals surface area contributed by atoms with Crippen molar-refractivity contribution in [1.82, 2.24) is 10.7 Å². The summed E-state index contributed by atoms with van der Waals surface area (Å²) < 4.78 is 15.4. The molecule has 2 rings (SSSR count). The van der Waals surface area contributed by atoms with E-state index in [1.54, 1.807) is 63.8 Å². The van der Waals surface area contributed by atoms with E-state index < -0.39 is 0 Å². The highest BCUT2D eigenvalue weighted by Gasteiger charge is 2.07. The van der Waals surface area contributed by atoms with Gasteiger partial charge < -0.3 is 19.5 Å². The standard InChI is InChI=1S/C20H23N3O5/c1-26-16-6-4-14(5-7-16)20(25)21-11-10-19(24)23-22-13-15-12-17(27-2)8-9-18(15)28-3/h4-9,12-13H,10-11H2,1-3H3,(H,21,25)(H,23,24). The molecule has 2 aromatic rings. The molecule has 2 N–H and O–H groups in total. The highest BCUT2D eigenvalue weighted by molar-refractivity contribution is 5.94. The van der Waals surface area contributed by atoms with Crippen LogP contribution in [0.3, 0.4) is 0 Å². The summed E-state index contributed by atoms with van der Waals surface area (Å²) in [6, 6.07) is 12.0. The van der Waals surface area contributed by atoms with Crippen LogP contribution in [-0.2, 0) is 4.79 Å². The lowest BCUT2D eigenvalue weighted by Crippen LogP contribution is -2.29. The molecule has 0 aliphatic heterocycles. The van der Waals surface area contributed by atoms with Crippen molar-refractivity contribution in [2.45, 2.75) is 6.42 Å². The molecule has 28 heavy (non-hydrogen) atoms. The number of methoxy groups -OCH3 is 3. The molecule has 0 saturated heterocycles. The first-order valence-electron chi connectivity index (χ1n) is 8.53.